The first-order chi connectivity index (χ1) is 14.4. The van der Waals surface area contributed by atoms with Crippen molar-refractivity contribution in [1.29, 1.82) is 0 Å². The zero-order valence-corrected chi connectivity index (χ0v) is 18.0. The van der Waals surface area contributed by atoms with E-state index in [2.05, 4.69) is 0 Å². The molecule has 0 N–H and O–H groups in total. The van der Waals surface area contributed by atoms with Crippen LogP contribution in [0.5, 0.6) is 0 Å². The number of nitrogens with zero attached hydrogens (tertiary/aromatic N) is 1. The molecule has 1 amide bonds. The number of Topliss-reactive ketones (excluding diaryl/α,β-unsaturated/α-hetero) is 1. The summed E-state index contributed by atoms with van der Waals surface area (Å²) in [5.74, 6) is -1.30. The van der Waals surface area contributed by atoms with Crippen molar-refractivity contribution in [2.75, 3.05) is 4.90 Å². The van der Waals surface area contributed by atoms with Crippen molar-refractivity contribution in [1.82, 2.24) is 0 Å². The van der Waals surface area contributed by atoms with E-state index >= 15 is 0 Å². The number of halogens is 2. The molecule has 2 atom stereocenters. The van der Waals surface area contributed by atoms with Crippen LogP contribution in [0.1, 0.15) is 40.4 Å². The van der Waals surface area contributed by atoms with Gasteiger partial charge < -0.3 is 4.90 Å². The fourth-order valence-electron chi connectivity index (χ4n) is 3.93. The van der Waals surface area contributed by atoms with Crippen molar-refractivity contribution in [2.45, 2.75) is 25.8 Å². The van der Waals surface area contributed by atoms with Gasteiger partial charge in [0, 0.05) is 17.7 Å². The van der Waals surface area contributed by atoms with Gasteiger partial charge in [-0.25, -0.2) is 8.78 Å². The molecule has 1 aliphatic heterocycles. The highest BCUT2D eigenvalue weighted by Crippen LogP contribution is 2.45. The first-order valence-electron chi connectivity index (χ1n) is 9.88. The molecule has 4 rings (SSSR count). The van der Waals surface area contributed by atoms with Gasteiger partial charge in [0.05, 0.1) is 12.0 Å². The van der Waals surface area contributed by atoms with Gasteiger partial charge in [0.25, 0.3) is 0 Å². The lowest BCUT2D eigenvalue weighted by molar-refractivity contribution is -0.130. The Labute approximate surface area is 187 Å². The summed E-state index contributed by atoms with van der Waals surface area (Å²) < 4.78 is 26.4. The molecule has 0 aliphatic carbocycles. The topological polar surface area (TPSA) is 37.4 Å². The number of ketones is 1. The van der Waals surface area contributed by atoms with Gasteiger partial charge in [-0.15, -0.1) is 0 Å². The van der Waals surface area contributed by atoms with Crippen molar-refractivity contribution < 1.29 is 18.4 Å². The highest BCUT2D eigenvalue weighted by atomic mass is 32.1. The van der Waals surface area contributed by atoms with Crippen LogP contribution in [0, 0.1) is 24.5 Å². The standard InChI is InChI=1S/C25H21F2NO2.H2S/c1-16-2-4-18(5-3-16)24-22(14-15-23(29)17-6-8-19(26)9-7-17)25(30)28(24)21-12-10-20(27)11-13-21;/h2-13,22,24H,14-15H2,1H3;1H2/t22-,24-;/m1./s1. The molecule has 3 nitrogen and oxygen atoms in total. The van der Waals surface area contributed by atoms with E-state index in [1.54, 1.807) is 17.0 Å². The van der Waals surface area contributed by atoms with Gasteiger partial charge in [0.15, 0.2) is 5.78 Å². The van der Waals surface area contributed by atoms with Gasteiger partial charge >= 0.3 is 0 Å². The van der Waals surface area contributed by atoms with Gasteiger partial charge in [-0.05, 0) is 67.4 Å². The second-order valence-corrected chi connectivity index (χ2v) is 7.62. The molecule has 1 heterocycles. The monoisotopic (exact) mass is 439 g/mol. The second-order valence-electron chi connectivity index (χ2n) is 7.62. The van der Waals surface area contributed by atoms with Crippen LogP contribution in [-0.4, -0.2) is 11.7 Å². The van der Waals surface area contributed by atoms with Crippen LogP contribution in [0.3, 0.4) is 0 Å². The molecule has 0 spiro atoms. The fraction of sp³-hybridized carbons (Fsp3) is 0.200. The summed E-state index contributed by atoms with van der Waals surface area (Å²) in [6.45, 7) is 1.99. The van der Waals surface area contributed by atoms with Crippen LogP contribution in [0.25, 0.3) is 0 Å². The number of hydrogen-bond acceptors (Lipinski definition) is 2. The van der Waals surface area contributed by atoms with E-state index < -0.39 is 5.82 Å². The zero-order valence-electron chi connectivity index (χ0n) is 17.0. The zero-order chi connectivity index (χ0) is 21.3. The van der Waals surface area contributed by atoms with Crippen LogP contribution >= 0.6 is 13.5 Å². The Morgan fingerprint density at radius 2 is 1.42 bits per heavy atom. The number of amides is 1. The quantitative estimate of drug-likeness (QED) is 0.362. The number of anilines is 1. The summed E-state index contributed by atoms with van der Waals surface area (Å²) in [6, 6.07) is 19.0. The molecule has 0 radical (unpaired) electrons. The third-order valence-electron chi connectivity index (χ3n) is 5.59. The normalized spacial score (nSPS) is 17.6. The van der Waals surface area contributed by atoms with Crippen molar-refractivity contribution in [3.63, 3.8) is 0 Å². The van der Waals surface area contributed by atoms with Gasteiger partial charge in [-0.3, -0.25) is 9.59 Å². The Hall–Kier alpha value is -2.99. The van der Waals surface area contributed by atoms with Crippen molar-refractivity contribution in [3.05, 3.63) is 101 Å². The Bertz CT molecular complexity index is 1070. The highest BCUT2D eigenvalue weighted by Gasteiger charge is 2.48. The summed E-state index contributed by atoms with van der Waals surface area (Å²) in [5.41, 5.74) is 3.16. The minimum absolute atomic E-state index is 0. The first-order valence-corrected chi connectivity index (χ1v) is 9.88. The summed E-state index contributed by atoms with van der Waals surface area (Å²) >= 11 is 0. The Morgan fingerprint density at radius 3 is 2.00 bits per heavy atom. The summed E-state index contributed by atoms with van der Waals surface area (Å²) in [6.07, 6.45) is 0.590. The maximum Gasteiger partial charge on any atom is 0.233 e. The van der Waals surface area contributed by atoms with Gasteiger partial charge in [0.2, 0.25) is 5.91 Å². The Morgan fingerprint density at radius 1 is 0.871 bits per heavy atom. The molecule has 0 saturated carbocycles. The summed E-state index contributed by atoms with van der Waals surface area (Å²) in [4.78, 5) is 27.1. The molecule has 1 aliphatic rings. The van der Waals surface area contributed by atoms with Gasteiger partial charge in [-0.1, -0.05) is 29.8 Å². The lowest BCUT2D eigenvalue weighted by Crippen LogP contribution is -2.55. The number of carbonyl (C=O) groups is 2. The molecule has 3 aromatic carbocycles. The highest BCUT2D eigenvalue weighted by molar-refractivity contribution is 7.59. The van der Waals surface area contributed by atoms with E-state index in [1.165, 1.54) is 36.4 Å². The van der Waals surface area contributed by atoms with E-state index in [9.17, 15) is 18.4 Å². The number of hydrogen-bond donors (Lipinski definition) is 0. The largest absolute Gasteiger partial charge is 0.304 e. The number of rotatable bonds is 6. The maximum atomic E-state index is 13.3. The lowest BCUT2D eigenvalue weighted by Gasteiger charge is -2.47. The van der Waals surface area contributed by atoms with Crippen LogP contribution in [-0.2, 0) is 4.79 Å². The molecule has 1 saturated heterocycles. The molecule has 31 heavy (non-hydrogen) atoms. The van der Waals surface area contributed by atoms with Crippen molar-refractivity contribution >= 4 is 30.9 Å². The van der Waals surface area contributed by atoms with Crippen molar-refractivity contribution in [3.8, 4) is 0 Å². The predicted octanol–water partition coefficient (Wildman–Crippen LogP) is 5.75. The summed E-state index contributed by atoms with van der Waals surface area (Å²) in [5, 5.41) is 0. The van der Waals surface area contributed by atoms with Gasteiger partial charge in [0.1, 0.15) is 11.6 Å². The number of aryl methyl sites for hydroxylation is 1. The molecule has 0 bridgehead atoms. The number of β-lactam (4-membered cyclic amide) rings is 1. The first kappa shape index (κ1) is 22.7. The molecule has 3 aromatic rings. The molecule has 0 aromatic heterocycles. The van der Waals surface area contributed by atoms with Gasteiger partial charge in [-0.2, -0.15) is 13.5 Å². The third kappa shape index (κ3) is 4.69. The average Bonchev–Trinajstić information content (AvgIpc) is 2.74. The summed E-state index contributed by atoms with van der Waals surface area (Å²) in [7, 11) is 0. The minimum atomic E-state index is -0.393. The lowest BCUT2D eigenvalue weighted by atomic mass is 9.78. The van der Waals surface area contributed by atoms with E-state index in [0.29, 0.717) is 17.7 Å². The van der Waals surface area contributed by atoms with Crippen LogP contribution in [0.2, 0.25) is 0 Å². The van der Waals surface area contributed by atoms with E-state index in [4.69, 9.17) is 0 Å². The molecular formula is C25H23F2NO2S. The van der Waals surface area contributed by atoms with Crippen molar-refractivity contribution in [2.24, 2.45) is 5.92 Å². The third-order valence-corrected chi connectivity index (χ3v) is 5.59. The molecule has 6 heteroatoms. The van der Waals surface area contributed by atoms with Crippen LogP contribution in [0.15, 0.2) is 72.8 Å². The molecule has 1 fully saturated rings. The minimum Gasteiger partial charge on any atom is -0.304 e. The van der Waals surface area contributed by atoms with E-state index in [1.807, 2.05) is 31.2 Å². The fourth-order valence-corrected chi connectivity index (χ4v) is 3.93. The van der Waals surface area contributed by atoms with Crippen LogP contribution < -0.4 is 4.90 Å². The number of benzene rings is 3. The van der Waals surface area contributed by atoms with E-state index in [-0.39, 0.29) is 49.4 Å². The second kappa shape index (κ2) is 9.43. The Balaban J connectivity index is 0.00000272. The smallest absolute Gasteiger partial charge is 0.233 e. The molecule has 0 unspecified atom stereocenters. The Kier molecular flexibility index (Phi) is 6.91. The maximum absolute atomic E-state index is 13.3. The van der Waals surface area contributed by atoms with Crippen LogP contribution in [0.4, 0.5) is 14.5 Å². The van der Waals surface area contributed by atoms with E-state index in [0.717, 1.165) is 11.1 Å². The molecular weight excluding hydrogens is 416 g/mol. The molecule has 160 valence electrons. The average molecular weight is 440 g/mol. The number of carbonyl (C=O) groups excluding carboxylic acids is 2. The SMILES string of the molecule is Cc1ccc([C@@H]2[C@@H](CCC(=O)c3ccc(F)cc3)C(=O)N2c2ccc(F)cc2)cc1.S. The predicted molar refractivity (Wildman–Crippen MR) is 122 cm³/mol.